The summed E-state index contributed by atoms with van der Waals surface area (Å²) in [6, 6.07) is 8.61. The van der Waals surface area contributed by atoms with Crippen LogP contribution in [0.5, 0.6) is 0 Å². The first kappa shape index (κ1) is 21.1. The van der Waals surface area contributed by atoms with Gasteiger partial charge in [0.15, 0.2) is 0 Å². The lowest BCUT2D eigenvalue weighted by Gasteiger charge is -2.32. The van der Waals surface area contributed by atoms with Gasteiger partial charge in [0.25, 0.3) is 0 Å². The molecule has 4 rings (SSSR count). The largest absolute Gasteiger partial charge is 0.478 e. The predicted octanol–water partition coefficient (Wildman–Crippen LogP) is 4.33. The molecular weight excluding hydrogens is 388 g/mol. The number of carboxylic acids is 1. The van der Waals surface area contributed by atoms with Crippen LogP contribution in [-0.2, 0) is 13.5 Å². The fourth-order valence-electron chi connectivity index (χ4n) is 4.22. The number of benzene rings is 1. The zero-order valence-electron chi connectivity index (χ0n) is 16.6. The van der Waals surface area contributed by atoms with Crippen molar-refractivity contribution in [3.8, 4) is 0 Å². The van der Waals surface area contributed by atoms with Gasteiger partial charge in [-0.3, -0.25) is 0 Å². The number of carboxylic acid groups (broad SMARTS) is 1. The average Bonchev–Trinajstić information content (AvgIpc) is 3.05. The second kappa shape index (κ2) is 9.27. The summed E-state index contributed by atoms with van der Waals surface area (Å²) in [5, 5.41) is 10.3. The van der Waals surface area contributed by atoms with E-state index >= 15 is 0 Å². The first-order chi connectivity index (χ1) is 13.6. The molecule has 154 valence electrons. The van der Waals surface area contributed by atoms with Crippen LogP contribution in [0.15, 0.2) is 42.9 Å². The molecule has 0 atom stereocenters. The van der Waals surface area contributed by atoms with Crippen molar-refractivity contribution in [2.45, 2.75) is 32.1 Å². The van der Waals surface area contributed by atoms with Gasteiger partial charge in [0, 0.05) is 49.6 Å². The quantitative estimate of drug-likeness (QED) is 0.650. The van der Waals surface area contributed by atoms with Crippen LogP contribution in [0, 0.1) is 5.92 Å². The molecule has 1 aromatic carbocycles. The SMILES string of the molecule is Cl.Cn1cc(CCCC2CCN(c3ncc(C(=O)O)cn3)CC2)c2ccccc21. The summed E-state index contributed by atoms with van der Waals surface area (Å²) in [6.07, 6.45) is 10.9. The second-order valence-corrected chi connectivity index (χ2v) is 7.68. The third-order valence-electron chi connectivity index (χ3n) is 5.82. The lowest BCUT2D eigenvalue weighted by atomic mass is 9.91. The van der Waals surface area contributed by atoms with E-state index in [1.807, 2.05) is 0 Å². The number of fused-ring (bicyclic) bond motifs is 1. The molecule has 3 heterocycles. The number of nitrogens with zero attached hydrogens (tertiary/aromatic N) is 4. The van der Waals surface area contributed by atoms with Crippen molar-refractivity contribution < 1.29 is 9.90 Å². The number of hydrogen-bond acceptors (Lipinski definition) is 4. The van der Waals surface area contributed by atoms with Gasteiger partial charge in [-0.25, -0.2) is 14.8 Å². The van der Waals surface area contributed by atoms with Crippen molar-refractivity contribution in [1.29, 1.82) is 0 Å². The molecule has 0 spiro atoms. The Balaban J connectivity index is 0.00000240. The number of aryl methyl sites for hydroxylation is 2. The van der Waals surface area contributed by atoms with E-state index in [2.05, 4.69) is 56.9 Å². The van der Waals surface area contributed by atoms with E-state index in [-0.39, 0.29) is 18.0 Å². The highest BCUT2D eigenvalue weighted by molar-refractivity contribution is 5.87. The minimum Gasteiger partial charge on any atom is -0.478 e. The van der Waals surface area contributed by atoms with Gasteiger partial charge in [-0.15, -0.1) is 12.4 Å². The van der Waals surface area contributed by atoms with Gasteiger partial charge in [-0.05, 0) is 49.7 Å². The van der Waals surface area contributed by atoms with Gasteiger partial charge in [0.05, 0.1) is 5.56 Å². The van der Waals surface area contributed by atoms with E-state index in [9.17, 15) is 4.79 Å². The maximum Gasteiger partial charge on any atom is 0.338 e. The maximum absolute atomic E-state index is 10.9. The van der Waals surface area contributed by atoms with Crippen molar-refractivity contribution in [1.82, 2.24) is 14.5 Å². The molecule has 0 amide bonds. The van der Waals surface area contributed by atoms with E-state index < -0.39 is 5.97 Å². The van der Waals surface area contributed by atoms with Crippen LogP contribution in [0.1, 0.15) is 41.6 Å². The minimum absolute atomic E-state index is 0. The Morgan fingerprint density at radius 1 is 1.17 bits per heavy atom. The summed E-state index contributed by atoms with van der Waals surface area (Å²) in [5.74, 6) is 0.389. The third kappa shape index (κ3) is 4.70. The molecule has 0 saturated carbocycles. The van der Waals surface area contributed by atoms with Crippen molar-refractivity contribution in [3.05, 3.63) is 54.0 Å². The minimum atomic E-state index is -0.989. The number of hydrogen-bond donors (Lipinski definition) is 1. The summed E-state index contributed by atoms with van der Waals surface area (Å²) in [7, 11) is 2.12. The predicted molar refractivity (Wildman–Crippen MR) is 117 cm³/mol. The number of aromatic nitrogens is 3. The molecule has 6 nitrogen and oxygen atoms in total. The summed E-state index contributed by atoms with van der Waals surface area (Å²) in [4.78, 5) is 21.5. The highest BCUT2D eigenvalue weighted by atomic mass is 35.5. The molecule has 1 N–H and O–H groups in total. The van der Waals surface area contributed by atoms with Crippen LogP contribution in [-0.4, -0.2) is 38.7 Å². The van der Waals surface area contributed by atoms with E-state index in [0.29, 0.717) is 5.95 Å². The number of anilines is 1. The van der Waals surface area contributed by atoms with Gasteiger partial charge in [0.2, 0.25) is 5.95 Å². The van der Waals surface area contributed by atoms with Crippen LogP contribution >= 0.6 is 12.4 Å². The van der Waals surface area contributed by atoms with Gasteiger partial charge in [-0.1, -0.05) is 18.2 Å². The summed E-state index contributed by atoms with van der Waals surface area (Å²) < 4.78 is 2.22. The number of halogens is 1. The van der Waals surface area contributed by atoms with Crippen molar-refractivity contribution >= 4 is 35.2 Å². The Morgan fingerprint density at radius 2 is 1.86 bits per heavy atom. The second-order valence-electron chi connectivity index (χ2n) is 7.68. The normalized spacial score (nSPS) is 14.7. The van der Waals surface area contributed by atoms with E-state index in [4.69, 9.17) is 5.11 Å². The number of rotatable bonds is 6. The van der Waals surface area contributed by atoms with Crippen LogP contribution in [0.25, 0.3) is 10.9 Å². The van der Waals surface area contributed by atoms with Crippen molar-refractivity contribution in [2.24, 2.45) is 13.0 Å². The Kier molecular flexibility index (Phi) is 6.75. The highest BCUT2D eigenvalue weighted by Gasteiger charge is 2.21. The molecule has 3 aromatic rings. The first-order valence-electron chi connectivity index (χ1n) is 9.95. The van der Waals surface area contributed by atoms with E-state index in [1.54, 1.807) is 0 Å². The molecule has 2 aromatic heterocycles. The lowest BCUT2D eigenvalue weighted by molar-refractivity contribution is 0.0696. The van der Waals surface area contributed by atoms with Crippen LogP contribution < -0.4 is 4.90 Å². The fourth-order valence-corrected chi connectivity index (χ4v) is 4.22. The molecule has 29 heavy (non-hydrogen) atoms. The average molecular weight is 415 g/mol. The number of aromatic carboxylic acids is 1. The molecule has 7 heteroatoms. The molecule has 0 aliphatic carbocycles. The maximum atomic E-state index is 10.9. The molecule has 1 aliphatic heterocycles. The molecule has 1 fully saturated rings. The van der Waals surface area contributed by atoms with Crippen LogP contribution in [0.4, 0.5) is 5.95 Å². The fraction of sp³-hybridized carbons (Fsp3) is 0.409. The number of para-hydroxylation sites is 1. The van der Waals surface area contributed by atoms with Crippen LogP contribution in [0.3, 0.4) is 0 Å². The molecule has 0 bridgehead atoms. The monoisotopic (exact) mass is 414 g/mol. The Morgan fingerprint density at radius 3 is 2.55 bits per heavy atom. The summed E-state index contributed by atoms with van der Waals surface area (Å²) >= 11 is 0. The number of carbonyl (C=O) groups is 1. The zero-order chi connectivity index (χ0) is 19.5. The Hall–Kier alpha value is -2.60. The smallest absolute Gasteiger partial charge is 0.338 e. The molecule has 1 aliphatic rings. The zero-order valence-corrected chi connectivity index (χ0v) is 17.4. The molecule has 0 radical (unpaired) electrons. The van der Waals surface area contributed by atoms with Crippen molar-refractivity contribution in [2.75, 3.05) is 18.0 Å². The lowest BCUT2D eigenvalue weighted by Crippen LogP contribution is -2.34. The molecule has 1 saturated heterocycles. The van der Waals surface area contributed by atoms with E-state index in [1.165, 1.54) is 41.7 Å². The standard InChI is InChI=1S/C22H26N4O2.ClH/c1-25-15-17(19-7-2-3-8-20(19)25)6-4-5-16-9-11-26(12-10-16)22-23-13-18(14-24-22)21(27)28;/h2-3,7-8,13-16H,4-6,9-12H2,1H3,(H,27,28);1H. The first-order valence-corrected chi connectivity index (χ1v) is 9.95. The Labute approximate surface area is 177 Å². The highest BCUT2D eigenvalue weighted by Crippen LogP contribution is 2.27. The summed E-state index contributed by atoms with van der Waals surface area (Å²) in [5.41, 5.74) is 2.88. The van der Waals surface area contributed by atoms with Gasteiger partial charge in [-0.2, -0.15) is 0 Å². The summed E-state index contributed by atoms with van der Waals surface area (Å²) in [6.45, 7) is 1.87. The van der Waals surface area contributed by atoms with Gasteiger partial charge >= 0.3 is 5.97 Å². The van der Waals surface area contributed by atoms with Gasteiger partial charge < -0.3 is 14.6 Å². The topological polar surface area (TPSA) is 71.2 Å². The number of piperidine rings is 1. The van der Waals surface area contributed by atoms with Crippen molar-refractivity contribution in [3.63, 3.8) is 0 Å². The van der Waals surface area contributed by atoms with E-state index in [0.717, 1.165) is 38.3 Å². The third-order valence-corrected chi connectivity index (χ3v) is 5.82. The Bertz CT molecular complexity index is 963. The van der Waals surface area contributed by atoms with Gasteiger partial charge in [0.1, 0.15) is 0 Å². The molecular formula is C22H27ClN4O2. The van der Waals surface area contributed by atoms with Crippen LogP contribution in [0.2, 0.25) is 0 Å². The molecule has 0 unspecified atom stereocenters.